The molecule has 0 saturated heterocycles. The summed E-state index contributed by atoms with van der Waals surface area (Å²) in [5.74, 6) is -0.523. The predicted molar refractivity (Wildman–Crippen MR) is 77.9 cm³/mol. The monoisotopic (exact) mass is 291 g/mol. The largest absolute Gasteiger partial charge is 0.497 e. The Labute approximate surface area is 124 Å². The van der Waals surface area contributed by atoms with Gasteiger partial charge in [-0.1, -0.05) is 19.1 Å². The second-order valence-corrected chi connectivity index (χ2v) is 5.58. The van der Waals surface area contributed by atoms with E-state index < -0.39 is 11.9 Å². The van der Waals surface area contributed by atoms with Crippen molar-refractivity contribution in [1.82, 2.24) is 4.90 Å². The zero-order chi connectivity index (χ0) is 15.4. The van der Waals surface area contributed by atoms with E-state index in [1.807, 2.05) is 24.3 Å². The molecule has 0 aliphatic heterocycles. The molecule has 2 rings (SSSR count). The van der Waals surface area contributed by atoms with E-state index >= 15 is 0 Å². The average Bonchev–Trinajstić information content (AvgIpc) is 3.31. The van der Waals surface area contributed by atoms with Gasteiger partial charge in [0.05, 0.1) is 13.0 Å². The second-order valence-electron chi connectivity index (χ2n) is 5.58. The fourth-order valence-corrected chi connectivity index (χ4v) is 2.18. The summed E-state index contributed by atoms with van der Waals surface area (Å²) in [7, 11) is 1.60. The van der Waals surface area contributed by atoms with Crippen LogP contribution in [-0.4, -0.2) is 35.5 Å². The van der Waals surface area contributed by atoms with Crippen LogP contribution in [0.2, 0.25) is 0 Å². The summed E-state index contributed by atoms with van der Waals surface area (Å²) in [5.41, 5.74) is 0.974. The van der Waals surface area contributed by atoms with Gasteiger partial charge in [0, 0.05) is 19.0 Å². The fraction of sp³-hybridized carbons (Fsp3) is 0.500. The first-order valence-corrected chi connectivity index (χ1v) is 7.15. The highest BCUT2D eigenvalue weighted by Crippen LogP contribution is 2.32. The minimum atomic E-state index is -0.877. The van der Waals surface area contributed by atoms with Crippen molar-refractivity contribution in [3.05, 3.63) is 29.8 Å². The molecule has 1 fully saturated rings. The lowest BCUT2D eigenvalue weighted by Crippen LogP contribution is -2.37. The van der Waals surface area contributed by atoms with E-state index in [9.17, 15) is 9.59 Å². The summed E-state index contributed by atoms with van der Waals surface area (Å²) in [6.07, 6.45) is 1.83. The molecule has 1 amide bonds. The highest BCUT2D eigenvalue weighted by atomic mass is 16.5. The molecule has 1 saturated carbocycles. The number of aliphatic carboxylic acids is 1. The first-order valence-electron chi connectivity index (χ1n) is 7.15. The maximum absolute atomic E-state index is 12.3. The molecule has 1 N–H and O–H groups in total. The third-order valence-corrected chi connectivity index (χ3v) is 3.69. The lowest BCUT2D eigenvalue weighted by atomic mass is 10.1. The molecule has 1 aromatic rings. The average molecular weight is 291 g/mol. The van der Waals surface area contributed by atoms with E-state index in [0.29, 0.717) is 6.54 Å². The summed E-state index contributed by atoms with van der Waals surface area (Å²) in [4.78, 5) is 25.0. The maximum Gasteiger partial charge on any atom is 0.308 e. The number of carbonyl (C=O) groups is 2. The summed E-state index contributed by atoms with van der Waals surface area (Å²) >= 11 is 0. The number of nitrogens with zero attached hydrogens (tertiary/aromatic N) is 1. The number of benzene rings is 1. The molecule has 5 heteroatoms. The summed E-state index contributed by atoms with van der Waals surface area (Å²) in [5, 5.41) is 9.05. The molecule has 1 atom stereocenters. The molecule has 1 unspecified atom stereocenters. The number of hydrogen-bond donors (Lipinski definition) is 1. The van der Waals surface area contributed by atoms with Crippen LogP contribution in [0.5, 0.6) is 5.75 Å². The van der Waals surface area contributed by atoms with E-state index in [0.717, 1.165) is 24.2 Å². The minimum Gasteiger partial charge on any atom is -0.497 e. The van der Waals surface area contributed by atoms with Crippen molar-refractivity contribution in [3.8, 4) is 5.75 Å². The zero-order valence-electron chi connectivity index (χ0n) is 12.4. The van der Waals surface area contributed by atoms with Crippen LogP contribution in [0.1, 0.15) is 25.3 Å². The number of hydrogen-bond acceptors (Lipinski definition) is 3. The first-order chi connectivity index (χ1) is 10.0. The SMILES string of the molecule is COc1ccc(CN(CC(C)C(=O)O)C(=O)C2CC2)cc1. The number of carbonyl (C=O) groups excluding carboxylic acids is 1. The van der Waals surface area contributed by atoms with Gasteiger partial charge in [-0.3, -0.25) is 9.59 Å². The Kier molecular flexibility index (Phi) is 4.83. The van der Waals surface area contributed by atoms with Crippen molar-refractivity contribution < 1.29 is 19.4 Å². The van der Waals surface area contributed by atoms with E-state index in [2.05, 4.69) is 0 Å². The Morgan fingerprint density at radius 3 is 2.43 bits per heavy atom. The van der Waals surface area contributed by atoms with E-state index in [4.69, 9.17) is 9.84 Å². The van der Waals surface area contributed by atoms with Crippen molar-refractivity contribution in [2.45, 2.75) is 26.3 Å². The number of rotatable bonds is 7. The molecule has 0 bridgehead atoms. The van der Waals surface area contributed by atoms with Crippen LogP contribution < -0.4 is 4.74 Å². The van der Waals surface area contributed by atoms with Gasteiger partial charge in [0.25, 0.3) is 0 Å². The molecule has 0 radical (unpaired) electrons. The molecule has 21 heavy (non-hydrogen) atoms. The standard InChI is InChI=1S/C16H21NO4/c1-11(16(19)20)9-17(15(18)13-5-6-13)10-12-3-7-14(21-2)8-4-12/h3-4,7-8,11,13H,5-6,9-10H2,1-2H3,(H,19,20). The lowest BCUT2D eigenvalue weighted by molar-refractivity contribution is -0.143. The van der Waals surface area contributed by atoms with E-state index in [1.165, 1.54) is 0 Å². The Bertz CT molecular complexity index is 508. The topological polar surface area (TPSA) is 66.8 Å². The first kappa shape index (κ1) is 15.4. The summed E-state index contributed by atoms with van der Waals surface area (Å²) in [6.45, 7) is 2.32. The van der Waals surface area contributed by atoms with Gasteiger partial charge in [0.2, 0.25) is 5.91 Å². The summed E-state index contributed by atoms with van der Waals surface area (Å²) in [6, 6.07) is 7.49. The third-order valence-electron chi connectivity index (χ3n) is 3.69. The highest BCUT2D eigenvalue weighted by Gasteiger charge is 2.34. The van der Waals surface area contributed by atoms with Crippen LogP contribution in [0.4, 0.5) is 0 Å². The minimum absolute atomic E-state index is 0.0684. The molecule has 1 aliphatic carbocycles. The van der Waals surface area contributed by atoms with Crippen LogP contribution in [-0.2, 0) is 16.1 Å². The van der Waals surface area contributed by atoms with Crippen LogP contribution in [0, 0.1) is 11.8 Å². The van der Waals surface area contributed by atoms with Crippen molar-refractivity contribution >= 4 is 11.9 Å². The van der Waals surface area contributed by atoms with E-state index in [1.54, 1.807) is 18.9 Å². The molecule has 0 heterocycles. The van der Waals surface area contributed by atoms with Gasteiger partial charge in [-0.15, -0.1) is 0 Å². The van der Waals surface area contributed by atoms with Crippen LogP contribution in [0.15, 0.2) is 24.3 Å². The predicted octanol–water partition coefficient (Wildman–Crippen LogP) is 2.15. The lowest BCUT2D eigenvalue weighted by Gasteiger charge is -2.25. The van der Waals surface area contributed by atoms with Gasteiger partial charge >= 0.3 is 5.97 Å². The molecule has 0 spiro atoms. The normalized spacial score (nSPS) is 15.3. The van der Waals surface area contributed by atoms with Crippen molar-refractivity contribution in [3.63, 3.8) is 0 Å². The van der Waals surface area contributed by atoms with Gasteiger partial charge in [-0.25, -0.2) is 0 Å². The Morgan fingerprint density at radius 1 is 1.33 bits per heavy atom. The maximum atomic E-state index is 12.3. The van der Waals surface area contributed by atoms with E-state index in [-0.39, 0.29) is 18.4 Å². The number of amides is 1. The molecule has 0 aromatic heterocycles. The van der Waals surface area contributed by atoms with Gasteiger partial charge < -0.3 is 14.7 Å². The third kappa shape index (κ3) is 4.21. The number of carboxylic acid groups (broad SMARTS) is 1. The van der Waals surface area contributed by atoms with Crippen LogP contribution >= 0.6 is 0 Å². The van der Waals surface area contributed by atoms with Crippen molar-refractivity contribution in [1.29, 1.82) is 0 Å². The van der Waals surface area contributed by atoms with Gasteiger partial charge in [-0.2, -0.15) is 0 Å². The quantitative estimate of drug-likeness (QED) is 0.836. The number of carboxylic acids is 1. The van der Waals surface area contributed by atoms with Gasteiger partial charge in [0.1, 0.15) is 5.75 Å². The van der Waals surface area contributed by atoms with Crippen molar-refractivity contribution in [2.24, 2.45) is 11.8 Å². The number of methoxy groups -OCH3 is 1. The highest BCUT2D eigenvalue weighted by molar-refractivity contribution is 5.81. The molecular formula is C16H21NO4. The van der Waals surface area contributed by atoms with Crippen molar-refractivity contribution in [2.75, 3.05) is 13.7 Å². The van der Waals surface area contributed by atoms with Crippen LogP contribution in [0.25, 0.3) is 0 Å². The smallest absolute Gasteiger partial charge is 0.308 e. The van der Waals surface area contributed by atoms with Crippen LogP contribution in [0.3, 0.4) is 0 Å². The molecular weight excluding hydrogens is 270 g/mol. The Morgan fingerprint density at radius 2 is 1.95 bits per heavy atom. The Balaban J connectivity index is 2.06. The molecule has 1 aliphatic rings. The Hall–Kier alpha value is -2.04. The second kappa shape index (κ2) is 6.61. The van der Waals surface area contributed by atoms with Gasteiger partial charge in [-0.05, 0) is 30.5 Å². The molecule has 1 aromatic carbocycles. The molecule has 114 valence electrons. The fourth-order valence-electron chi connectivity index (χ4n) is 2.18. The summed E-state index contributed by atoms with van der Waals surface area (Å²) < 4.78 is 5.11. The number of ether oxygens (including phenoxy) is 1. The molecule has 5 nitrogen and oxygen atoms in total. The van der Waals surface area contributed by atoms with Gasteiger partial charge in [0.15, 0.2) is 0 Å². The zero-order valence-corrected chi connectivity index (χ0v) is 12.4.